The van der Waals surface area contributed by atoms with Crippen LogP contribution < -0.4 is 10.4 Å². The summed E-state index contributed by atoms with van der Waals surface area (Å²) in [6.45, 7) is 8.02. The van der Waals surface area contributed by atoms with E-state index in [4.69, 9.17) is 23.2 Å². The Morgan fingerprint density at radius 3 is 2.52 bits per heavy atom. The maximum Gasteiger partial charge on any atom is 0.348 e. The van der Waals surface area contributed by atoms with Crippen molar-refractivity contribution in [2.45, 2.75) is 20.8 Å². The van der Waals surface area contributed by atoms with Gasteiger partial charge in [-0.15, -0.1) is 11.3 Å². The van der Waals surface area contributed by atoms with Crippen molar-refractivity contribution < 1.29 is 9.90 Å². The zero-order valence-corrected chi connectivity index (χ0v) is 17.5. The predicted octanol–water partition coefficient (Wildman–Crippen LogP) is 5.91. The van der Waals surface area contributed by atoms with Gasteiger partial charge in [0.05, 0.1) is 15.6 Å². The number of hydrogen-bond acceptors (Lipinski definition) is 3. The number of carbonyl (C=O) groups is 1. The van der Waals surface area contributed by atoms with E-state index in [0.29, 0.717) is 15.7 Å². The fourth-order valence-electron chi connectivity index (χ4n) is 1.94. The molecule has 1 heterocycles. The van der Waals surface area contributed by atoms with E-state index in [2.05, 4.69) is 16.9 Å². The molecule has 3 nitrogen and oxygen atoms in total. The van der Waals surface area contributed by atoms with Gasteiger partial charge in [-0.3, -0.25) is 0 Å². The molecule has 0 fully saturated rings. The second-order valence-electron chi connectivity index (χ2n) is 6.43. The number of anilines is 1. The van der Waals surface area contributed by atoms with E-state index in [1.807, 2.05) is 33.5 Å². The quantitative estimate of drug-likeness (QED) is 0.483. The lowest BCUT2D eigenvalue weighted by Gasteiger charge is -2.16. The van der Waals surface area contributed by atoms with Crippen molar-refractivity contribution in [3.8, 4) is 11.8 Å². The molecule has 1 atom stereocenters. The molecule has 2 rings (SSSR count). The van der Waals surface area contributed by atoms with Gasteiger partial charge in [-0.05, 0) is 51.7 Å². The summed E-state index contributed by atoms with van der Waals surface area (Å²) in [4.78, 5) is 12.5. The van der Waals surface area contributed by atoms with Gasteiger partial charge in [0.15, 0.2) is 0 Å². The summed E-state index contributed by atoms with van der Waals surface area (Å²) in [5, 5.41) is 14.8. The maximum atomic E-state index is 11.6. The van der Waals surface area contributed by atoms with Gasteiger partial charge in [0.25, 0.3) is 0 Å². The number of benzene rings is 1. The van der Waals surface area contributed by atoms with E-state index in [-0.39, 0.29) is 10.3 Å². The first kappa shape index (κ1) is 20.1. The minimum atomic E-state index is -0.970. The van der Waals surface area contributed by atoms with Crippen LogP contribution in [0, 0.1) is 17.3 Å². The van der Waals surface area contributed by atoms with Crippen LogP contribution in [0.3, 0.4) is 0 Å². The number of aromatic carboxylic acids is 1. The molecule has 1 aromatic heterocycles. The van der Waals surface area contributed by atoms with Crippen LogP contribution >= 0.6 is 42.6 Å². The number of halogens is 2. The van der Waals surface area contributed by atoms with Gasteiger partial charge in [0.1, 0.15) is 4.88 Å². The lowest BCUT2D eigenvalue weighted by molar-refractivity contribution is 0.0703. The van der Waals surface area contributed by atoms with Crippen molar-refractivity contribution >= 4 is 59.6 Å². The lowest BCUT2D eigenvalue weighted by Crippen LogP contribution is -2.08. The SMILES string of the molecule is CP(Nc1cc(C#CC(C)(C)C)sc1C(=O)O)c1ccc(Cl)cc1Cl. The molecule has 2 aromatic rings. The monoisotopic (exact) mass is 413 g/mol. The van der Waals surface area contributed by atoms with E-state index in [1.54, 1.807) is 18.2 Å². The normalized spacial score (nSPS) is 12.2. The molecular formula is C18H18Cl2NO2PS. The van der Waals surface area contributed by atoms with Gasteiger partial charge in [-0.25, -0.2) is 4.79 Å². The van der Waals surface area contributed by atoms with E-state index in [9.17, 15) is 9.90 Å². The van der Waals surface area contributed by atoms with Crippen LogP contribution in [-0.4, -0.2) is 17.7 Å². The van der Waals surface area contributed by atoms with E-state index < -0.39 is 14.0 Å². The molecule has 1 unspecified atom stereocenters. The molecule has 0 aliphatic carbocycles. The van der Waals surface area contributed by atoms with Crippen LogP contribution in [-0.2, 0) is 0 Å². The van der Waals surface area contributed by atoms with E-state index >= 15 is 0 Å². The maximum absolute atomic E-state index is 11.6. The highest BCUT2D eigenvalue weighted by Crippen LogP contribution is 2.38. The fourth-order valence-corrected chi connectivity index (χ4v) is 4.95. The average molecular weight is 414 g/mol. The Labute approximate surface area is 163 Å². The summed E-state index contributed by atoms with van der Waals surface area (Å²) in [6.07, 6.45) is 0. The van der Waals surface area contributed by atoms with Gasteiger partial charge >= 0.3 is 5.97 Å². The number of nitrogens with one attached hydrogen (secondary N) is 1. The Morgan fingerprint density at radius 1 is 1.28 bits per heavy atom. The summed E-state index contributed by atoms with van der Waals surface area (Å²) in [5.41, 5.74) is 0.421. The van der Waals surface area contributed by atoms with Crippen molar-refractivity contribution in [3.05, 3.63) is 44.1 Å². The number of thiophene rings is 1. The third kappa shape index (κ3) is 5.62. The molecule has 0 radical (unpaired) electrons. The summed E-state index contributed by atoms with van der Waals surface area (Å²) in [5.74, 6) is 5.22. The standard InChI is InChI=1S/C18H18Cl2NO2PS/c1-18(2,3)8-7-12-10-14(16(25-12)17(22)23)21-24(4)15-6-5-11(19)9-13(15)20/h5-6,9-10,21H,1-4H3,(H,22,23). The van der Waals surface area contributed by atoms with Crippen LogP contribution in [0.5, 0.6) is 0 Å². The topological polar surface area (TPSA) is 49.3 Å². The Balaban J connectivity index is 2.32. The predicted molar refractivity (Wildman–Crippen MR) is 110 cm³/mol. The smallest absolute Gasteiger partial charge is 0.348 e. The molecule has 0 saturated carbocycles. The average Bonchev–Trinajstić information content (AvgIpc) is 2.87. The molecule has 2 N–H and O–H groups in total. The van der Waals surface area contributed by atoms with Crippen LogP contribution in [0.1, 0.15) is 35.3 Å². The van der Waals surface area contributed by atoms with Gasteiger partial charge < -0.3 is 10.2 Å². The molecule has 0 amide bonds. The summed E-state index contributed by atoms with van der Waals surface area (Å²) >= 11 is 13.4. The van der Waals surface area contributed by atoms with Gasteiger partial charge in [-0.1, -0.05) is 35.0 Å². The summed E-state index contributed by atoms with van der Waals surface area (Å²) < 4.78 is 0. The van der Waals surface area contributed by atoms with E-state index in [0.717, 1.165) is 10.2 Å². The number of hydrogen-bond donors (Lipinski definition) is 2. The van der Waals surface area contributed by atoms with Gasteiger partial charge in [0, 0.05) is 23.8 Å². The molecule has 7 heteroatoms. The van der Waals surface area contributed by atoms with Crippen LogP contribution in [0.25, 0.3) is 0 Å². The molecule has 0 bridgehead atoms. The third-order valence-corrected chi connectivity index (χ3v) is 6.45. The molecule has 132 valence electrons. The van der Waals surface area contributed by atoms with Gasteiger partial charge in [-0.2, -0.15) is 0 Å². The first-order valence-electron chi connectivity index (χ1n) is 7.42. The van der Waals surface area contributed by atoms with Gasteiger partial charge in [0.2, 0.25) is 0 Å². The first-order chi connectivity index (χ1) is 11.6. The minimum absolute atomic E-state index is 0.144. The van der Waals surface area contributed by atoms with Crippen molar-refractivity contribution in [3.63, 3.8) is 0 Å². The number of carboxylic acids is 1. The van der Waals surface area contributed by atoms with Crippen LogP contribution in [0.15, 0.2) is 24.3 Å². The molecular weight excluding hydrogens is 396 g/mol. The highest BCUT2D eigenvalue weighted by molar-refractivity contribution is 7.66. The minimum Gasteiger partial charge on any atom is -0.477 e. The highest BCUT2D eigenvalue weighted by Gasteiger charge is 2.18. The van der Waals surface area contributed by atoms with Crippen molar-refractivity contribution in [1.29, 1.82) is 0 Å². The fraction of sp³-hybridized carbons (Fsp3) is 0.278. The molecule has 0 spiro atoms. The summed E-state index contributed by atoms with van der Waals surface area (Å²) in [6, 6.07) is 7.10. The Morgan fingerprint density at radius 2 is 1.96 bits per heavy atom. The van der Waals surface area contributed by atoms with E-state index in [1.165, 1.54) is 11.3 Å². The lowest BCUT2D eigenvalue weighted by atomic mass is 9.98. The highest BCUT2D eigenvalue weighted by atomic mass is 35.5. The van der Waals surface area contributed by atoms with Crippen molar-refractivity contribution in [2.75, 3.05) is 11.8 Å². The molecule has 0 aliphatic rings. The summed E-state index contributed by atoms with van der Waals surface area (Å²) in [7, 11) is -0.890. The molecule has 25 heavy (non-hydrogen) atoms. The number of carboxylic acid groups (broad SMARTS) is 1. The molecule has 0 saturated heterocycles. The second kappa shape index (κ2) is 7.98. The molecule has 1 aromatic carbocycles. The number of rotatable bonds is 4. The first-order valence-corrected chi connectivity index (χ1v) is 10.8. The third-order valence-electron chi connectivity index (χ3n) is 3.05. The molecule has 0 aliphatic heterocycles. The van der Waals surface area contributed by atoms with Crippen LogP contribution in [0.2, 0.25) is 10.0 Å². The Hall–Kier alpha value is -1.24. The van der Waals surface area contributed by atoms with Crippen molar-refractivity contribution in [2.24, 2.45) is 5.41 Å². The second-order valence-corrected chi connectivity index (χ2v) is 10.1. The largest absolute Gasteiger partial charge is 0.477 e. The zero-order valence-electron chi connectivity index (χ0n) is 14.3. The zero-order chi connectivity index (χ0) is 18.8. The van der Waals surface area contributed by atoms with Crippen LogP contribution in [0.4, 0.5) is 5.69 Å². The van der Waals surface area contributed by atoms with Crippen molar-refractivity contribution in [1.82, 2.24) is 0 Å². The Bertz CT molecular complexity index is 862. The Kier molecular flexibility index (Phi) is 6.40.